The van der Waals surface area contributed by atoms with Crippen LogP contribution in [0.2, 0.25) is 0 Å². The fourth-order valence-electron chi connectivity index (χ4n) is 2.91. The van der Waals surface area contributed by atoms with Crippen molar-refractivity contribution in [2.45, 2.75) is 32.3 Å². The molecule has 1 heterocycles. The summed E-state index contributed by atoms with van der Waals surface area (Å²) in [5.41, 5.74) is 2.21. The standard InChI is InChI=1S/C22H27N3O4/c1-2-21(26)24-17-5-7-18(8-6-17)25-22(27)14-23-16-9-11-19(12-10-16)29-15-20-4-3-13-28-20/h5-12,20,23H,2-4,13-15H2,1H3,(H,24,26)(H,25,27). The number of benzene rings is 2. The van der Waals surface area contributed by atoms with Gasteiger partial charge in [-0.3, -0.25) is 9.59 Å². The zero-order chi connectivity index (χ0) is 20.5. The summed E-state index contributed by atoms with van der Waals surface area (Å²) in [5.74, 6) is 0.578. The molecule has 0 aliphatic carbocycles. The topological polar surface area (TPSA) is 88.7 Å². The smallest absolute Gasteiger partial charge is 0.243 e. The molecule has 29 heavy (non-hydrogen) atoms. The van der Waals surface area contributed by atoms with Crippen LogP contribution in [0, 0.1) is 0 Å². The Hall–Kier alpha value is -3.06. The number of hydrogen-bond acceptors (Lipinski definition) is 5. The van der Waals surface area contributed by atoms with Crippen LogP contribution in [0.5, 0.6) is 5.75 Å². The first-order valence-corrected chi connectivity index (χ1v) is 9.90. The van der Waals surface area contributed by atoms with E-state index in [9.17, 15) is 9.59 Å². The maximum Gasteiger partial charge on any atom is 0.243 e. The van der Waals surface area contributed by atoms with E-state index in [1.807, 2.05) is 24.3 Å². The van der Waals surface area contributed by atoms with Crippen molar-refractivity contribution in [3.63, 3.8) is 0 Å². The van der Waals surface area contributed by atoms with Crippen LogP contribution in [0.1, 0.15) is 26.2 Å². The summed E-state index contributed by atoms with van der Waals surface area (Å²) < 4.78 is 11.3. The summed E-state index contributed by atoms with van der Waals surface area (Å²) in [6, 6.07) is 14.5. The second-order valence-electron chi connectivity index (χ2n) is 6.85. The lowest BCUT2D eigenvalue weighted by molar-refractivity contribution is -0.116. The molecule has 3 N–H and O–H groups in total. The minimum atomic E-state index is -0.158. The lowest BCUT2D eigenvalue weighted by Gasteiger charge is -2.12. The first-order valence-electron chi connectivity index (χ1n) is 9.90. The summed E-state index contributed by atoms with van der Waals surface area (Å²) in [5, 5.41) is 8.67. The molecular weight excluding hydrogens is 370 g/mol. The van der Waals surface area contributed by atoms with E-state index in [-0.39, 0.29) is 24.5 Å². The molecule has 7 heteroatoms. The van der Waals surface area contributed by atoms with E-state index in [4.69, 9.17) is 9.47 Å². The molecule has 1 saturated heterocycles. The lowest BCUT2D eigenvalue weighted by atomic mass is 10.2. The Balaban J connectivity index is 1.40. The maximum absolute atomic E-state index is 12.1. The molecule has 2 amide bonds. The number of carbonyl (C=O) groups is 2. The molecule has 1 atom stereocenters. The monoisotopic (exact) mass is 397 g/mol. The van der Waals surface area contributed by atoms with Crippen molar-refractivity contribution in [2.75, 3.05) is 35.7 Å². The van der Waals surface area contributed by atoms with Crippen molar-refractivity contribution in [1.29, 1.82) is 0 Å². The highest BCUT2D eigenvalue weighted by Gasteiger charge is 2.15. The molecule has 154 valence electrons. The van der Waals surface area contributed by atoms with Crippen molar-refractivity contribution in [1.82, 2.24) is 0 Å². The minimum Gasteiger partial charge on any atom is -0.491 e. The molecule has 1 aliphatic heterocycles. The molecule has 0 spiro atoms. The molecular formula is C22H27N3O4. The SMILES string of the molecule is CCC(=O)Nc1ccc(NC(=O)CNc2ccc(OCC3CCCO3)cc2)cc1. The van der Waals surface area contributed by atoms with Crippen molar-refractivity contribution in [2.24, 2.45) is 0 Å². The molecule has 7 nitrogen and oxygen atoms in total. The van der Waals surface area contributed by atoms with Crippen molar-refractivity contribution in [3.8, 4) is 5.75 Å². The second-order valence-corrected chi connectivity index (χ2v) is 6.85. The largest absolute Gasteiger partial charge is 0.491 e. The Morgan fingerprint density at radius 2 is 1.59 bits per heavy atom. The average molecular weight is 397 g/mol. The Bertz CT molecular complexity index is 800. The van der Waals surface area contributed by atoms with Crippen LogP contribution in [-0.2, 0) is 14.3 Å². The molecule has 1 fully saturated rings. The molecule has 1 aliphatic rings. The van der Waals surface area contributed by atoms with Gasteiger partial charge in [-0.05, 0) is 61.4 Å². The van der Waals surface area contributed by atoms with Gasteiger partial charge in [0.25, 0.3) is 0 Å². The van der Waals surface area contributed by atoms with Crippen LogP contribution < -0.4 is 20.7 Å². The summed E-state index contributed by atoms with van der Waals surface area (Å²) >= 11 is 0. The fraction of sp³-hybridized carbons (Fsp3) is 0.364. The summed E-state index contributed by atoms with van der Waals surface area (Å²) in [4.78, 5) is 23.5. The number of amides is 2. The van der Waals surface area contributed by atoms with Gasteiger partial charge < -0.3 is 25.4 Å². The van der Waals surface area contributed by atoms with Gasteiger partial charge in [-0.1, -0.05) is 6.92 Å². The molecule has 0 bridgehead atoms. The Morgan fingerprint density at radius 3 is 2.17 bits per heavy atom. The van der Waals surface area contributed by atoms with Gasteiger partial charge in [-0.25, -0.2) is 0 Å². The summed E-state index contributed by atoms with van der Waals surface area (Å²) in [7, 11) is 0. The molecule has 3 rings (SSSR count). The van der Waals surface area contributed by atoms with Crippen LogP contribution >= 0.6 is 0 Å². The van der Waals surface area contributed by atoms with E-state index in [1.165, 1.54) is 0 Å². The minimum absolute atomic E-state index is 0.0470. The number of hydrogen-bond donors (Lipinski definition) is 3. The van der Waals surface area contributed by atoms with Gasteiger partial charge in [-0.15, -0.1) is 0 Å². The fourth-order valence-corrected chi connectivity index (χ4v) is 2.91. The van der Waals surface area contributed by atoms with Crippen LogP contribution in [-0.4, -0.2) is 37.7 Å². The lowest BCUT2D eigenvalue weighted by Crippen LogP contribution is -2.21. The van der Waals surface area contributed by atoms with Crippen LogP contribution in [0.15, 0.2) is 48.5 Å². The van der Waals surface area contributed by atoms with Gasteiger partial charge in [0.1, 0.15) is 12.4 Å². The number of nitrogens with one attached hydrogen (secondary N) is 3. The summed E-state index contributed by atoms with van der Waals surface area (Å²) in [6.45, 7) is 3.32. The third kappa shape index (κ3) is 6.80. The quantitative estimate of drug-likeness (QED) is 0.601. The van der Waals surface area contributed by atoms with Gasteiger partial charge in [0, 0.05) is 30.1 Å². The van der Waals surface area contributed by atoms with Crippen molar-refractivity contribution < 1.29 is 19.1 Å². The van der Waals surface area contributed by atoms with E-state index in [1.54, 1.807) is 31.2 Å². The molecule has 2 aromatic rings. The molecule has 2 aromatic carbocycles. The first kappa shape index (κ1) is 20.7. The van der Waals surface area contributed by atoms with Crippen LogP contribution in [0.25, 0.3) is 0 Å². The first-order chi connectivity index (χ1) is 14.1. The normalized spacial score (nSPS) is 15.6. The highest BCUT2D eigenvalue weighted by molar-refractivity contribution is 5.94. The van der Waals surface area contributed by atoms with Gasteiger partial charge in [0.15, 0.2) is 0 Å². The molecule has 0 radical (unpaired) electrons. The zero-order valence-electron chi connectivity index (χ0n) is 16.6. The number of ether oxygens (including phenoxy) is 2. The second kappa shape index (κ2) is 10.5. The van der Waals surface area contributed by atoms with Gasteiger partial charge in [0.05, 0.1) is 12.6 Å². The van der Waals surface area contributed by atoms with Crippen molar-refractivity contribution in [3.05, 3.63) is 48.5 Å². The maximum atomic E-state index is 12.1. The number of rotatable bonds is 9. The van der Waals surface area contributed by atoms with E-state index >= 15 is 0 Å². The highest BCUT2D eigenvalue weighted by atomic mass is 16.5. The summed E-state index contributed by atoms with van der Waals surface area (Å²) in [6.07, 6.45) is 2.75. The van der Waals surface area contributed by atoms with Crippen LogP contribution in [0.3, 0.4) is 0 Å². The third-order valence-corrected chi connectivity index (χ3v) is 4.54. The average Bonchev–Trinajstić information content (AvgIpc) is 3.26. The van der Waals surface area contributed by atoms with E-state index < -0.39 is 0 Å². The zero-order valence-corrected chi connectivity index (χ0v) is 16.6. The van der Waals surface area contributed by atoms with E-state index in [0.717, 1.165) is 30.9 Å². The Morgan fingerprint density at radius 1 is 0.966 bits per heavy atom. The van der Waals surface area contributed by atoms with Gasteiger partial charge >= 0.3 is 0 Å². The predicted octanol–water partition coefficient (Wildman–Crippen LogP) is 3.64. The highest BCUT2D eigenvalue weighted by Crippen LogP contribution is 2.18. The molecule has 0 aromatic heterocycles. The number of carbonyl (C=O) groups excluding carboxylic acids is 2. The molecule has 0 saturated carbocycles. The van der Waals surface area contributed by atoms with E-state index in [2.05, 4.69) is 16.0 Å². The van der Waals surface area contributed by atoms with Gasteiger partial charge in [0.2, 0.25) is 11.8 Å². The predicted molar refractivity (Wildman–Crippen MR) is 113 cm³/mol. The van der Waals surface area contributed by atoms with Crippen molar-refractivity contribution >= 4 is 28.9 Å². The third-order valence-electron chi connectivity index (χ3n) is 4.54. The van der Waals surface area contributed by atoms with E-state index in [0.29, 0.717) is 24.4 Å². The van der Waals surface area contributed by atoms with Gasteiger partial charge in [-0.2, -0.15) is 0 Å². The van der Waals surface area contributed by atoms with Crippen LogP contribution in [0.4, 0.5) is 17.1 Å². The molecule has 1 unspecified atom stereocenters. The Labute approximate surface area is 170 Å². The number of anilines is 3. The Kier molecular flexibility index (Phi) is 7.47.